The lowest BCUT2D eigenvalue weighted by atomic mass is 10.2. The second kappa shape index (κ2) is 6.11. The molecule has 0 amide bonds. The van der Waals surface area contributed by atoms with Crippen LogP contribution in [0.5, 0.6) is 0 Å². The molecule has 0 saturated carbocycles. The van der Waals surface area contributed by atoms with Gasteiger partial charge >= 0.3 is 6.18 Å². The van der Waals surface area contributed by atoms with Gasteiger partial charge in [0.05, 0.1) is 22.3 Å². The van der Waals surface area contributed by atoms with Gasteiger partial charge in [-0.3, -0.25) is 15.0 Å². The van der Waals surface area contributed by atoms with E-state index < -0.39 is 17.6 Å². The highest BCUT2D eigenvalue weighted by atomic mass is 19.4. The summed E-state index contributed by atoms with van der Waals surface area (Å²) in [7, 11) is 0. The summed E-state index contributed by atoms with van der Waals surface area (Å²) in [4.78, 5) is 8.62. The summed E-state index contributed by atoms with van der Waals surface area (Å²) in [6, 6.07) is 8.95. The molecular weight excluding hydrogens is 362 g/mol. The van der Waals surface area contributed by atoms with Gasteiger partial charge < -0.3 is 0 Å². The Labute approximate surface area is 151 Å². The van der Waals surface area contributed by atoms with Crippen molar-refractivity contribution in [3.63, 3.8) is 0 Å². The van der Waals surface area contributed by atoms with E-state index in [-0.39, 0.29) is 0 Å². The average molecular weight is 375 g/mol. The number of hydrogen-bond donors (Lipinski definition) is 1. The molecule has 5 nitrogen and oxygen atoms in total. The van der Waals surface area contributed by atoms with Crippen molar-refractivity contribution in [2.24, 2.45) is 4.99 Å². The summed E-state index contributed by atoms with van der Waals surface area (Å²) >= 11 is 0. The van der Waals surface area contributed by atoms with E-state index in [1.165, 1.54) is 35.5 Å². The van der Waals surface area contributed by atoms with E-state index in [0.717, 1.165) is 12.1 Å². The lowest BCUT2D eigenvalue weighted by Gasteiger charge is -2.26. The SMILES string of the molecule is Cc1nc2ccc(F)cc2n1C1=NC=CN(c2ccc(C(F)(F)F)cc2)N1. The van der Waals surface area contributed by atoms with Crippen LogP contribution in [-0.4, -0.2) is 15.5 Å². The van der Waals surface area contributed by atoms with Gasteiger partial charge in [0.15, 0.2) is 0 Å². The minimum Gasteiger partial charge on any atom is -0.265 e. The van der Waals surface area contributed by atoms with Crippen LogP contribution in [0.3, 0.4) is 0 Å². The quantitative estimate of drug-likeness (QED) is 0.649. The Hall–Kier alpha value is -3.36. The molecular formula is C18H13F4N5. The third-order valence-corrected chi connectivity index (χ3v) is 4.10. The number of hydrogen-bond acceptors (Lipinski definition) is 4. The number of nitrogens with one attached hydrogen (secondary N) is 1. The summed E-state index contributed by atoms with van der Waals surface area (Å²) in [6.45, 7) is 1.75. The van der Waals surface area contributed by atoms with Crippen molar-refractivity contribution in [1.82, 2.24) is 15.0 Å². The first-order valence-corrected chi connectivity index (χ1v) is 7.95. The second-order valence-electron chi connectivity index (χ2n) is 5.90. The van der Waals surface area contributed by atoms with Gasteiger partial charge in [-0.2, -0.15) is 13.2 Å². The molecule has 0 radical (unpaired) electrons. The molecule has 138 valence electrons. The van der Waals surface area contributed by atoms with Gasteiger partial charge in [0.2, 0.25) is 5.96 Å². The molecule has 1 aliphatic rings. The zero-order valence-corrected chi connectivity index (χ0v) is 14.0. The fraction of sp³-hybridized carbons (Fsp3) is 0.111. The van der Waals surface area contributed by atoms with Crippen molar-refractivity contribution in [3.05, 3.63) is 72.1 Å². The molecule has 0 fully saturated rings. The van der Waals surface area contributed by atoms with E-state index in [1.807, 2.05) is 0 Å². The van der Waals surface area contributed by atoms with Gasteiger partial charge in [-0.1, -0.05) is 0 Å². The van der Waals surface area contributed by atoms with Gasteiger partial charge in [-0.25, -0.2) is 14.4 Å². The number of nitrogens with zero attached hydrogens (tertiary/aromatic N) is 4. The Morgan fingerprint density at radius 3 is 2.48 bits per heavy atom. The first kappa shape index (κ1) is 17.1. The Morgan fingerprint density at radius 2 is 1.78 bits per heavy atom. The molecule has 27 heavy (non-hydrogen) atoms. The molecule has 1 aliphatic heterocycles. The molecule has 0 saturated heterocycles. The molecule has 0 atom stereocenters. The van der Waals surface area contributed by atoms with Crippen molar-refractivity contribution in [2.75, 3.05) is 5.01 Å². The maximum absolute atomic E-state index is 13.7. The first-order valence-electron chi connectivity index (χ1n) is 7.95. The lowest BCUT2D eigenvalue weighted by molar-refractivity contribution is -0.137. The highest BCUT2D eigenvalue weighted by Crippen LogP contribution is 2.30. The third kappa shape index (κ3) is 3.12. The van der Waals surface area contributed by atoms with Crippen molar-refractivity contribution in [3.8, 4) is 0 Å². The average Bonchev–Trinajstić information content (AvgIpc) is 2.96. The molecule has 9 heteroatoms. The number of aryl methyl sites for hydroxylation is 1. The van der Waals surface area contributed by atoms with Gasteiger partial charge in [-0.15, -0.1) is 0 Å². The van der Waals surface area contributed by atoms with Crippen LogP contribution in [0.15, 0.2) is 59.9 Å². The van der Waals surface area contributed by atoms with E-state index in [1.54, 1.807) is 23.8 Å². The van der Waals surface area contributed by atoms with Crippen molar-refractivity contribution in [2.45, 2.75) is 13.1 Å². The minimum absolute atomic E-state index is 0.350. The van der Waals surface area contributed by atoms with E-state index in [9.17, 15) is 17.6 Å². The fourth-order valence-corrected chi connectivity index (χ4v) is 2.85. The highest BCUT2D eigenvalue weighted by molar-refractivity contribution is 5.94. The van der Waals surface area contributed by atoms with E-state index in [4.69, 9.17) is 0 Å². The van der Waals surface area contributed by atoms with Crippen LogP contribution < -0.4 is 10.4 Å². The Kier molecular flexibility index (Phi) is 3.87. The third-order valence-electron chi connectivity index (χ3n) is 4.10. The summed E-state index contributed by atoms with van der Waals surface area (Å²) in [5, 5.41) is 1.52. The lowest BCUT2D eigenvalue weighted by Crippen LogP contribution is -2.44. The summed E-state index contributed by atoms with van der Waals surface area (Å²) < 4.78 is 53.5. The number of aromatic nitrogens is 2. The maximum atomic E-state index is 13.7. The van der Waals surface area contributed by atoms with Crippen LogP contribution in [0.25, 0.3) is 11.0 Å². The molecule has 1 N–H and O–H groups in total. The maximum Gasteiger partial charge on any atom is 0.416 e. The Bertz CT molecular complexity index is 1060. The molecule has 4 rings (SSSR count). The molecule has 2 heterocycles. The van der Waals surface area contributed by atoms with Crippen LogP contribution in [-0.2, 0) is 6.18 Å². The first-order chi connectivity index (χ1) is 12.8. The number of halogens is 4. The van der Waals surface area contributed by atoms with Gasteiger partial charge in [0.25, 0.3) is 0 Å². The number of anilines is 1. The van der Waals surface area contributed by atoms with Crippen LogP contribution in [0.2, 0.25) is 0 Å². The van der Waals surface area contributed by atoms with Crippen LogP contribution >= 0.6 is 0 Å². The summed E-state index contributed by atoms with van der Waals surface area (Å²) in [5.41, 5.74) is 3.89. The molecule has 2 aromatic carbocycles. The highest BCUT2D eigenvalue weighted by Gasteiger charge is 2.30. The van der Waals surface area contributed by atoms with Crippen molar-refractivity contribution < 1.29 is 17.6 Å². The number of hydrazine groups is 1. The van der Waals surface area contributed by atoms with E-state index in [2.05, 4.69) is 15.4 Å². The zero-order chi connectivity index (χ0) is 19.2. The number of imidazole rings is 1. The fourth-order valence-electron chi connectivity index (χ4n) is 2.85. The van der Waals surface area contributed by atoms with Gasteiger partial charge in [0.1, 0.15) is 11.6 Å². The molecule has 0 aliphatic carbocycles. The smallest absolute Gasteiger partial charge is 0.265 e. The van der Waals surface area contributed by atoms with Crippen LogP contribution in [0.4, 0.5) is 23.2 Å². The second-order valence-corrected chi connectivity index (χ2v) is 5.90. The predicted molar refractivity (Wildman–Crippen MR) is 93.5 cm³/mol. The van der Waals surface area contributed by atoms with Crippen molar-refractivity contribution >= 4 is 22.7 Å². The summed E-state index contributed by atoms with van der Waals surface area (Å²) in [5.74, 6) is 0.530. The predicted octanol–water partition coefficient (Wildman–Crippen LogP) is 4.20. The minimum atomic E-state index is -4.40. The monoisotopic (exact) mass is 375 g/mol. The molecule has 1 aromatic heterocycles. The number of alkyl halides is 3. The van der Waals surface area contributed by atoms with Crippen LogP contribution in [0, 0.1) is 12.7 Å². The Morgan fingerprint density at radius 1 is 1.04 bits per heavy atom. The normalized spacial score (nSPS) is 14.4. The summed E-state index contributed by atoms with van der Waals surface area (Å²) in [6.07, 6.45) is -1.33. The standard InChI is InChI=1S/C18H13F4N5/c1-11-24-15-7-4-13(19)10-16(15)27(11)17-23-8-9-26(25-17)14-5-2-12(3-6-14)18(20,21)22/h2-10H,1H3,(H,23,25). The van der Waals surface area contributed by atoms with E-state index in [0.29, 0.717) is 28.5 Å². The molecule has 0 spiro atoms. The van der Waals surface area contributed by atoms with Gasteiger partial charge in [0, 0.05) is 18.5 Å². The number of aliphatic imine (C=N–C) groups is 1. The number of fused-ring (bicyclic) bond motifs is 1. The zero-order valence-electron chi connectivity index (χ0n) is 14.0. The number of rotatable bonds is 1. The van der Waals surface area contributed by atoms with Crippen LogP contribution in [0.1, 0.15) is 11.4 Å². The molecule has 0 unspecified atom stereocenters. The molecule has 0 bridgehead atoms. The van der Waals surface area contributed by atoms with E-state index >= 15 is 0 Å². The largest absolute Gasteiger partial charge is 0.416 e. The van der Waals surface area contributed by atoms with Crippen molar-refractivity contribution in [1.29, 1.82) is 0 Å². The molecule has 3 aromatic rings. The topological polar surface area (TPSA) is 45.5 Å². The Balaban J connectivity index is 1.66. The van der Waals surface area contributed by atoms with Gasteiger partial charge in [-0.05, 0) is 43.3 Å². The number of benzene rings is 2.